The summed E-state index contributed by atoms with van der Waals surface area (Å²) >= 11 is 0. The Morgan fingerprint density at radius 1 is 1.17 bits per heavy atom. The van der Waals surface area contributed by atoms with Gasteiger partial charge >= 0.3 is 0 Å². The van der Waals surface area contributed by atoms with Crippen molar-refractivity contribution in [3.63, 3.8) is 0 Å². The Hall–Kier alpha value is -2.32. The fourth-order valence-electron chi connectivity index (χ4n) is 3.02. The molecule has 2 N–H and O–H groups in total. The van der Waals surface area contributed by atoms with Gasteiger partial charge in [0.25, 0.3) is 0 Å². The van der Waals surface area contributed by atoms with Crippen molar-refractivity contribution in [1.82, 2.24) is 9.88 Å². The minimum atomic E-state index is -0.561. The van der Waals surface area contributed by atoms with Gasteiger partial charge in [-0.1, -0.05) is 30.3 Å². The average Bonchev–Trinajstić information content (AvgIpc) is 2.99. The van der Waals surface area contributed by atoms with E-state index in [2.05, 4.69) is 16.0 Å². The van der Waals surface area contributed by atoms with Crippen LogP contribution in [0.15, 0.2) is 60.8 Å². The lowest BCUT2D eigenvalue weighted by Crippen LogP contribution is -2.33. The molecule has 3 rings (SSSR count). The fraction of sp³-hybridized carbons (Fsp3) is 0.211. The number of aliphatic hydroxyl groups excluding tert-OH is 1. The molecule has 0 saturated heterocycles. The molecule has 0 aliphatic carbocycles. The number of nitriles is 1. The molecule has 2 aromatic carbocycles. The second kappa shape index (κ2) is 7.98. The van der Waals surface area contributed by atoms with E-state index in [0.717, 1.165) is 16.5 Å². The van der Waals surface area contributed by atoms with Crippen LogP contribution in [0.4, 0.5) is 0 Å². The maximum Gasteiger partial charge on any atom is 0.0991 e. The van der Waals surface area contributed by atoms with Crippen LogP contribution in [0.25, 0.3) is 10.9 Å². The number of rotatable bonds is 5. The summed E-state index contributed by atoms with van der Waals surface area (Å²) in [5.74, 6) is 0. The molecule has 0 aliphatic rings. The van der Waals surface area contributed by atoms with Crippen molar-refractivity contribution in [2.75, 3.05) is 13.6 Å². The van der Waals surface area contributed by atoms with Gasteiger partial charge in [0.15, 0.2) is 0 Å². The molecule has 1 aromatic heterocycles. The van der Waals surface area contributed by atoms with Crippen LogP contribution in [0.2, 0.25) is 0 Å². The highest BCUT2D eigenvalue weighted by atomic mass is 35.5. The average molecular weight is 342 g/mol. The molecule has 124 valence electrons. The third-order valence-corrected chi connectivity index (χ3v) is 4.07. The van der Waals surface area contributed by atoms with Gasteiger partial charge in [-0.3, -0.25) is 0 Å². The molecule has 0 saturated carbocycles. The van der Waals surface area contributed by atoms with E-state index in [1.807, 2.05) is 67.8 Å². The SMILES string of the molecule is CNC[C@H](O)[C@H](c1ccccc1)n1ccc2cc(C#N)ccc21.Cl. The zero-order valence-electron chi connectivity index (χ0n) is 13.4. The maximum atomic E-state index is 10.7. The third kappa shape index (κ3) is 3.44. The summed E-state index contributed by atoms with van der Waals surface area (Å²) in [6.07, 6.45) is 1.41. The fourth-order valence-corrected chi connectivity index (χ4v) is 3.02. The van der Waals surface area contributed by atoms with Crippen molar-refractivity contribution in [3.05, 3.63) is 71.9 Å². The number of aliphatic hydroxyl groups is 1. The molecule has 1 heterocycles. The highest BCUT2D eigenvalue weighted by Gasteiger charge is 2.23. The van der Waals surface area contributed by atoms with Crippen molar-refractivity contribution in [2.45, 2.75) is 12.1 Å². The molecule has 4 nitrogen and oxygen atoms in total. The summed E-state index contributed by atoms with van der Waals surface area (Å²) in [6, 6.07) is 19.6. The Bertz CT molecular complexity index is 839. The normalized spacial score (nSPS) is 13.0. The van der Waals surface area contributed by atoms with Gasteiger partial charge in [0.2, 0.25) is 0 Å². The predicted octanol–water partition coefficient (Wildman–Crippen LogP) is 3.10. The topological polar surface area (TPSA) is 61.0 Å². The lowest BCUT2D eigenvalue weighted by molar-refractivity contribution is 0.132. The summed E-state index contributed by atoms with van der Waals surface area (Å²) in [4.78, 5) is 0. The van der Waals surface area contributed by atoms with E-state index in [0.29, 0.717) is 12.1 Å². The lowest BCUT2D eigenvalue weighted by Gasteiger charge is -2.26. The van der Waals surface area contributed by atoms with Crippen LogP contribution < -0.4 is 5.32 Å². The first-order valence-electron chi connectivity index (χ1n) is 7.63. The monoisotopic (exact) mass is 341 g/mol. The Labute approximate surface area is 147 Å². The molecule has 5 heteroatoms. The molecule has 0 spiro atoms. The van der Waals surface area contributed by atoms with Crippen LogP contribution in [0, 0.1) is 11.3 Å². The number of aromatic nitrogens is 1. The molecular formula is C19H20ClN3O. The Morgan fingerprint density at radius 2 is 1.92 bits per heavy atom. The second-order valence-corrected chi connectivity index (χ2v) is 5.59. The summed E-state index contributed by atoms with van der Waals surface area (Å²) in [6.45, 7) is 0.496. The predicted molar refractivity (Wildman–Crippen MR) is 98.4 cm³/mol. The van der Waals surface area contributed by atoms with E-state index >= 15 is 0 Å². The highest BCUT2D eigenvalue weighted by molar-refractivity contribution is 5.85. The van der Waals surface area contributed by atoms with Crippen LogP contribution in [0.3, 0.4) is 0 Å². The molecule has 2 atom stereocenters. The zero-order chi connectivity index (χ0) is 16.2. The standard InChI is InChI=1S/C19H19N3O.ClH/c1-21-13-18(23)19(15-5-3-2-4-6-15)22-10-9-16-11-14(12-20)7-8-17(16)22;/h2-11,18-19,21,23H,13H2,1H3;1H/t18-,19-;/m0./s1. The summed E-state index contributed by atoms with van der Waals surface area (Å²) < 4.78 is 2.08. The first-order chi connectivity index (χ1) is 11.2. The Morgan fingerprint density at radius 3 is 2.58 bits per heavy atom. The van der Waals surface area contributed by atoms with E-state index in [9.17, 15) is 5.11 Å². The number of halogens is 1. The molecule has 0 amide bonds. The van der Waals surface area contributed by atoms with Crippen LogP contribution in [-0.2, 0) is 0 Å². The maximum absolute atomic E-state index is 10.7. The van der Waals surface area contributed by atoms with Gasteiger partial charge in [0.05, 0.1) is 23.8 Å². The van der Waals surface area contributed by atoms with Crippen LogP contribution in [0.1, 0.15) is 17.2 Å². The van der Waals surface area contributed by atoms with Gasteiger partial charge in [-0.05, 0) is 36.9 Å². The quantitative estimate of drug-likeness (QED) is 0.749. The summed E-state index contributed by atoms with van der Waals surface area (Å²) in [5, 5.41) is 23.7. The van der Waals surface area contributed by atoms with Gasteiger partial charge < -0.3 is 15.0 Å². The van der Waals surface area contributed by atoms with Crippen LogP contribution >= 0.6 is 12.4 Å². The number of nitrogens with one attached hydrogen (secondary N) is 1. The molecule has 0 fully saturated rings. The van der Waals surface area contributed by atoms with E-state index < -0.39 is 6.10 Å². The molecule has 0 radical (unpaired) electrons. The molecular weight excluding hydrogens is 322 g/mol. The second-order valence-electron chi connectivity index (χ2n) is 5.59. The van der Waals surface area contributed by atoms with E-state index in [1.54, 1.807) is 0 Å². The summed E-state index contributed by atoms with van der Waals surface area (Å²) in [5.41, 5.74) is 2.70. The molecule has 0 unspecified atom stereocenters. The van der Waals surface area contributed by atoms with Gasteiger partial charge in [0.1, 0.15) is 0 Å². The molecule has 0 aliphatic heterocycles. The number of fused-ring (bicyclic) bond motifs is 1. The van der Waals surface area contributed by atoms with Crippen LogP contribution in [0.5, 0.6) is 0 Å². The van der Waals surface area contributed by atoms with Gasteiger partial charge in [-0.15, -0.1) is 12.4 Å². The largest absolute Gasteiger partial charge is 0.389 e. The Kier molecular flexibility index (Phi) is 5.99. The van der Waals surface area contributed by atoms with Gasteiger partial charge in [-0.25, -0.2) is 0 Å². The third-order valence-electron chi connectivity index (χ3n) is 4.07. The van der Waals surface area contributed by atoms with Crippen LogP contribution in [-0.4, -0.2) is 29.4 Å². The van der Waals surface area contributed by atoms with E-state index in [1.165, 1.54) is 0 Å². The van der Waals surface area contributed by atoms with E-state index in [-0.39, 0.29) is 18.4 Å². The number of likely N-dealkylation sites (N-methyl/N-ethyl adjacent to an activating group) is 1. The molecule has 3 aromatic rings. The van der Waals surface area contributed by atoms with Crippen molar-refractivity contribution in [3.8, 4) is 6.07 Å². The van der Waals surface area contributed by atoms with Crippen molar-refractivity contribution in [1.29, 1.82) is 5.26 Å². The number of nitrogens with zero attached hydrogens (tertiary/aromatic N) is 2. The number of benzene rings is 2. The minimum Gasteiger partial charge on any atom is -0.389 e. The van der Waals surface area contributed by atoms with E-state index in [4.69, 9.17) is 5.26 Å². The first-order valence-corrected chi connectivity index (χ1v) is 7.63. The summed E-state index contributed by atoms with van der Waals surface area (Å²) in [7, 11) is 1.83. The first kappa shape index (κ1) is 18.0. The van der Waals surface area contributed by atoms with Crippen molar-refractivity contribution in [2.24, 2.45) is 0 Å². The van der Waals surface area contributed by atoms with Gasteiger partial charge in [-0.2, -0.15) is 5.26 Å². The van der Waals surface area contributed by atoms with Crippen molar-refractivity contribution < 1.29 is 5.11 Å². The zero-order valence-corrected chi connectivity index (χ0v) is 14.2. The Balaban J connectivity index is 0.00000208. The number of hydrogen-bond acceptors (Lipinski definition) is 3. The minimum absolute atomic E-state index is 0. The lowest BCUT2D eigenvalue weighted by atomic mass is 10.0. The smallest absolute Gasteiger partial charge is 0.0991 e. The van der Waals surface area contributed by atoms with Gasteiger partial charge in [0, 0.05) is 23.6 Å². The number of hydrogen-bond donors (Lipinski definition) is 2. The molecule has 0 bridgehead atoms. The molecule has 24 heavy (non-hydrogen) atoms. The highest BCUT2D eigenvalue weighted by Crippen LogP contribution is 2.28. The van der Waals surface area contributed by atoms with Crippen molar-refractivity contribution >= 4 is 23.3 Å².